The molecule has 0 bridgehead atoms. The number of ether oxygens (including phenoxy) is 1. The minimum absolute atomic E-state index is 0.0321. The van der Waals surface area contributed by atoms with E-state index < -0.39 is 11.7 Å². The standard InChI is InChI=1S/C23H17F3N2O4S/c1-30-28-21-20(29)12-19(27-31-13-15-8-9-33-22(15)21)14-4-2-6-17(10-14)32-18-7-3-5-16(11-18)23(24,25)26/h2-11H,12-13H2,1H3/b27-19+,28-21+. The SMILES string of the molecule is CO/N=C1\C(=O)C/C(c2cccc(Oc3cccc(C(F)(F)F)c3)c2)=N\OCc2ccsc21. The Bertz CT molecular complexity index is 1230. The molecule has 1 aliphatic heterocycles. The lowest BCUT2D eigenvalue weighted by molar-refractivity contribution is -0.137. The average Bonchev–Trinajstić information content (AvgIpc) is 3.25. The molecule has 0 radical (unpaired) electrons. The Balaban J connectivity index is 1.61. The molecule has 0 N–H and O–H groups in total. The van der Waals surface area contributed by atoms with Crippen LogP contribution < -0.4 is 4.74 Å². The third-order valence-corrected chi connectivity index (χ3v) is 5.66. The molecule has 0 aliphatic carbocycles. The van der Waals surface area contributed by atoms with Gasteiger partial charge < -0.3 is 14.4 Å². The summed E-state index contributed by atoms with van der Waals surface area (Å²) in [6, 6.07) is 12.9. The van der Waals surface area contributed by atoms with E-state index in [1.54, 1.807) is 24.3 Å². The summed E-state index contributed by atoms with van der Waals surface area (Å²) < 4.78 is 44.6. The van der Waals surface area contributed by atoms with Crippen LogP contribution in [-0.2, 0) is 27.3 Å². The number of ketones is 1. The topological polar surface area (TPSA) is 69.5 Å². The molecule has 6 nitrogen and oxygen atoms in total. The van der Waals surface area contributed by atoms with E-state index in [1.807, 2.05) is 11.4 Å². The molecule has 0 saturated heterocycles. The largest absolute Gasteiger partial charge is 0.457 e. The number of thiophene rings is 1. The number of oxime groups is 2. The molecule has 33 heavy (non-hydrogen) atoms. The molecule has 4 rings (SSSR count). The molecule has 1 aliphatic rings. The van der Waals surface area contributed by atoms with Gasteiger partial charge in [0.15, 0.2) is 11.5 Å². The van der Waals surface area contributed by atoms with Crippen molar-refractivity contribution in [1.82, 2.24) is 0 Å². The van der Waals surface area contributed by atoms with Crippen molar-refractivity contribution in [3.8, 4) is 11.5 Å². The quantitative estimate of drug-likeness (QED) is 0.448. The molecule has 10 heteroatoms. The maximum atomic E-state index is 13.0. The Kier molecular flexibility index (Phi) is 6.45. The average molecular weight is 474 g/mol. The monoisotopic (exact) mass is 474 g/mol. The van der Waals surface area contributed by atoms with Crippen LogP contribution in [0.15, 0.2) is 70.3 Å². The van der Waals surface area contributed by atoms with Gasteiger partial charge in [-0.2, -0.15) is 13.2 Å². The highest BCUT2D eigenvalue weighted by Gasteiger charge is 2.30. The minimum atomic E-state index is -4.48. The first-order chi connectivity index (χ1) is 15.8. The van der Waals surface area contributed by atoms with Gasteiger partial charge in [-0.3, -0.25) is 4.79 Å². The van der Waals surface area contributed by atoms with Gasteiger partial charge in [0.1, 0.15) is 25.2 Å². The van der Waals surface area contributed by atoms with Crippen LogP contribution in [0.1, 0.15) is 28.0 Å². The van der Waals surface area contributed by atoms with Gasteiger partial charge in [0.2, 0.25) is 0 Å². The lowest BCUT2D eigenvalue weighted by Gasteiger charge is -2.11. The van der Waals surface area contributed by atoms with Crippen LogP contribution in [0.4, 0.5) is 13.2 Å². The van der Waals surface area contributed by atoms with Crippen molar-refractivity contribution < 1.29 is 32.4 Å². The lowest BCUT2D eigenvalue weighted by atomic mass is 10.0. The van der Waals surface area contributed by atoms with E-state index in [1.165, 1.54) is 30.6 Å². The third-order valence-electron chi connectivity index (χ3n) is 4.70. The number of alkyl halides is 3. The van der Waals surface area contributed by atoms with Crippen molar-refractivity contribution in [2.45, 2.75) is 19.2 Å². The van der Waals surface area contributed by atoms with Crippen LogP contribution >= 0.6 is 11.3 Å². The molecular formula is C23H17F3N2O4S. The number of hydrogen-bond acceptors (Lipinski definition) is 7. The number of carbonyl (C=O) groups is 1. The van der Waals surface area contributed by atoms with Crippen molar-refractivity contribution in [2.75, 3.05) is 7.11 Å². The first-order valence-electron chi connectivity index (χ1n) is 9.70. The molecular weight excluding hydrogens is 457 g/mol. The summed E-state index contributed by atoms with van der Waals surface area (Å²) in [5.74, 6) is 0.00499. The van der Waals surface area contributed by atoms with Crippen LogP contribution in [0.25, 0.3) is 0 Å². The second-order valence-corrected chi connectivity index (χ2v) is 7.88. The first-order valence-corrected chi connectivity index (χ1v) is 10.6. The molecule has 0 atom stereocenters. The van der Waals surface area contributed by atoms with Crippen molar-refractivity contribution >= 4 is 28.5 Å². The van der Waals surface area contributed by atoms with Crippen LogP contribution in [0, 0.1) is 0 Å². The Labute approximate surface area is 190 Å². The molecule has 170 valence electrons. The van der Waals surface area contributed by atoms with Gasteiger partial charge in [0, 0.05) is 11.1 Å². The van der Waals surface area contributed by atoms with E-state index in [2.05, 4.69) is 10.3 Å². The van der Waals surface area contributed by atoms with E-state index in [0.29, 0.717) is 16.2 Å². The lowest BCUT2D eigenvalue weighted by Crippen LogP contribution is -2.19. The number of nitrogens with zero attached hydrogens (tertiary/aromatic N) is 2. The third kappa shape index (κ3) is 5.23. The predicted molar refractivity (Wildman–Crippen MR) is 117 cm³/mol. The van der Waals surface area contributed by atoms with E-state index in [4.69, 9.17) is 14.4 Å². The van der Waals surface area contributed by atoms with Crippen molar-refractivity contribution in [3.63, 3.8) is 0 Å². The summed E-state index contributed by atoms with van der Waals surface area (Å²) in [4.78, 5) is 24.0. The van der Waals surface area contributed by atoms with E-state index in [9.17, 15) is 18.0 Å². The number of Topliss-reactive ketones (excluding diaryl/α,β-unsaturated/α-hetero) is 1. The van der Waals surface area contributed by atoms with Crippen molar-refractivity contribution in [2.24, 2.45) is 10.3 Å². The number of rotatable bonds is 4. The highest BCUT2D eigenvalue weighted by Crippen LogP contribution is 2.33. The fraction of sp³-hybridized carbons (Fsp3) is 0.174. The van der Waals surface area contributed by atoms with Crippen LogP contribution in [0.2, 0.25) is 0 Å². The minimum Gasteiger partial charge on any atom is -0.457 e. The summed E-state index contributed by atoms with van der Waals surface area (Å²) in [7, 11) is 1.36. The fourth-order valence-electron chi connectivity index (χ4n) is 3.18. The number of benzene rings is 2. The second kappa shape index (κ2) is 9.45. The maximum Gasteiger partial charge on any atom is 0.416 e. The Hall–Kier alpha value is -3.66. The molecule has 2 aromatic carbocycles. The van der Waals surface area contributed by atoms with Crippen molar-refractivity contribution in [3.05, 3.63) is 81.5 Å². The normalized spacial score (nSPS) is 17.2. The zero-order valence-corrected chi connectivity index (χ0v) is 18.1. The zero-order chi connectivity index (χ0) is 23.4. The van der Waals surface area contributed by atoms with Crippen LogP contribution in [-0.4, -0.2) is 24.3 Å². The highest BCUT2D eigenvalue weighted by molar-refractivity contribution is 7.13. The molecule has 0 fully saturated rings. The number of halogens is 3. The molecule has 0 amide bonds. The van der Waals surface area contributed by atoms with Crippen LogP contribution in [0.5, 0.6) is 11.5 Å². The smallest absolute Gasteiger partial charge is 0.416 e. The zero-order valence-electron chi connectivity index (χ0n) is 17.3. The molecule has 3 aromatic rings. The summed E-state index contributed by atoms with van der Waals surface area (Å²) in [5, 5.41) is 9.86. The van der Waals surface area contributed by atoms with Gasteiger partial charge in [0.05, 0.1) is 22.6 Å². The molecule has 0 spiro atoms. The Morgan fingerprint density at radius 3 is 2.61 bits per heavy atom. The van der Waals surface area contributed by atoms with Gasteiger partial charge in [-0.25, -0.2) is 0 Å². The number of hydrogen-bond donors (Lipinski definition) is 0. The highest BCUT2D eigenvalue weighted by atomic mass is 32.1. The second-order valence-electron chi connectivity index (χ2n) is 6.96. The van der Waals surface area contributed by atoms with Gasteiger partial charge in [0.25, 0.3) is 0 Å². The van der Waals surface area contributed by atoms with Gasteiger partial charge >= 0.3 is 6.18 Å². The molecule has 2 heterocycles. The van der Waals surface area contributed by atoms with E-state index in [-0.39, 0.29) is 36.0 Å². The molecule has 1 aromatic heterocycles. The number of fused-ring (bicyclic) bond motifs is 1. The first kappa shape index (κ1) is 22.5. The summed E-state index contributed by atoms with van der Waals surface area (Å²) in [5.41, 5.74) is 0.976. The summed E-state index contributed by atoms with van der Waals surface area (Å²) in [6.07, 6.45) is -4.60. The van der Waals surface area contributed by atoms with Crippen molar-refractivity contribution in [1.29, 1.82) is 0 Å². The summed E-state index contributed by atoms with van der Waals surface area (Å²) in [6.45, 7) is 0.138. The van der Waals surface area contributed by atoms with Gasteiger partial charge in [-0.1, -0.05) is 28.5 Å². The van der Waals surface area contributed by atoms with Gasteiger partial charge in [-0.15, -0.1) is 11.3 Å². The predicted octanol–water partition coefficient (Wildman–Crippen LogP) is 5.80. The summed E-state index contributed by atoms with van der Waals surface area (Å²) >= 11 is 1.35. The van der Waals surface area contributed by atoms with E-state index >= 15 is 0 Å². The Morgan fingerprint density at radius 2 is 1.85 bits per heavy atom. The molecule has 0 saturated carbocycles. The maximum absolute atomic E-state index is 13.0. The van der Waals surface area contributed by atoms with Gasteiger partial charge in [-0.05, 0) is 41.8 Å². The molecule has 0 unspecified atom stereocenters. The van der Waals surface area contributed by atoms with Crippen LogP contribution in [0.3, 0.4) is 0 Å². The van der Waals surface area contributed by atoms with E-state index in [0.717, 1.165) is 17.7 Å². The fourth-order valence-corrected chi connectivity index (χ4v) is 4.09. The Morgan fingerprint density at radius 1 is 1.09 bits per heavy atom. The number of carbonyl (C=O) groups excluding carboxylic acids is 1.